The monoisotopic (exact) mass is 284 g/mol. The summed E-state index contributed by atoms with van der Waals surface area (Å²) in [5.41, 5.74) is 1.43. The fourth-order valence-corrected chi connectivity index (χ4v) is 2.17. The third-order valence-electron chi connectivity index (χ3n) is 3.32. The molecule has 1 amide bonds. The maximum absolute atomic E-state index is 12.5. The fourth-order valence-electron chi connectivity index (χ4n) is 2.17. The Balaban J connectivity index is 1.91. The number of nitrogens with zero attached hydrogens (tertiary/aromatic N) is 5. The summed E-state index contributed by atoms with van der Waals surface area (Å²) in [6.07, 6.45) is 3.45. The predicted molar refractivity (Wildman–Crippen MR) is 76.7 cm³/mol. The van der Waals surface area contributed by atoms with E-state index >= 15 is 0 Å². The zero-order chi connectivity index (χ0) is 15.0. The van der Waals surface area contributed by atoms with E-state index in [4.69, 9.17) is 0 Å². The zero-order valence-electron chi connectivity index (χ0n) is 12.1. The lowest BCUT2D eigenvalue weighted by molar-refractivity contribution is 0.0902. The molecule has 0 unspecified atom stereocenters. The summed E-state index contributed by atoms with van der Waals surface area (Å²) in [5, 5.41) is 15.1. The second-order valence-corrected chi connectivity index (χ2v) is 5.44. The molecule has 0 spiro atoms. The smallest absolute Gasteiger partial charge is 0.270 e. The number of nitrogens with one attached hydrogen (secondary N) is 1. The van der Waals surface area contributed by atoms with Crippen LogP contribution in [0.1, 0.15) is 30.0 Å². The van der Waals surface area contributed by atoms with E-state index in [1.54, 1.807) is 34.7 Å². The highest BCUT2D eigenvalue weighted by atomic mass is 16.2. The van der Waals surface area contributed by atoms with E-state index in [1.807, 2.05) is 32.0 Å². The number of carbonyl (C=O) groups excluding carboxylic acids is 1. The highest BCUT2D eigenvalue weighted by Gasteiger charge is 2.27. The Labute approximate surface area is 121 Å². The first kappa shape index (κ1) is 13.3. The molecular weight excluding hydrogens is 268 g/mol. The van der Waals surface area contributed by atoms with Gasteiger partial charge in [-0.2, -0.15) is 5.10 Å². The van der Waals surface area contributed by atoms with Crippen molar-refractivity contribution in [3.05, 3.63) is 48.0 Å². The molecule has 108 valence electrons. The highest BCUT2D eigenvalue weighted by molar-refractivity contribution is 5.93. The molecule has 0 atom stereocenters. The second-order valence-electron chi connectivity index (χ2n) is 5.44. The zero-order valence-corrected chi connectivity index (χ0v) is 12.1. The number of fused-ring (bicyclic) bond motifs is 1. The lowest BCUT2D eigenvalue weighted by atomic mass is 10.0. The van der Waals surface area contributed by atoms with Gasteiger partial charge in [0.15, 0.2) is 0 Å². The molecule has 21 heavy (non-hydrogen) atoms. The van der Waals surface area contributed by atoms with Gasteiger partial charge in [-0.15, -0.1) is 5.10 Å². The van der Waals surface area contributed by atoms with E-state index in [0.717, 1.165) is 5.52 Å². The first-order valence-corrected chi connectivity index (χ1v) is 6.59. The Morgan fingerprint density at radius 3 is 2.81 bits per heavy atom. The summed E-state index contributed by atoms with van der Waals surface area (Å²) in [6.45, 7) is 3.77. The van der Waals surface area contributed by atoms with Gasteiger partial charge in [0.05, 0.1) is 23.4 Å². The van der Waals surface area contributed by atoms with E-state index in [1.165, 1.54) is 0 Å². The van der Waals surface area contributed by atoms with Crippen LogP contribution >= 0.6 is 0 Å². The normalized spacial score (nSPS) is 11.8. The van der Waals surface area contributed by atoms with Crippen LogP contribution in [0.3, 0.4) is 0 Å². The Hall–Kier alpha value is -2.70. The van der Waals surface area contributed by atoms with Crippen LogP contribution in [0.15, 0.2) is 36.7 Å². The van der Waals surface area contributed by atoms with Crippen LogP contribution < -0.4 is 5.32 Å². The summed E-state index contributed by atoms with van der Waals surface area (Å²) in [6, 6.07) is 7.32. The average molecular weight is 284 g/mol. The Bertz CT molecular complexity index is 801. The minimum Gasteiger partial charge on any atom is -0.340 e. The quantitative estimate of drug-likeness (QED) is 0.782. The summed E-state index contributed by atoms with van der Waals surface area (Å²) in [5.74, 6) is -0.208. The van der Waals surface area contributed by atoms with Crippen molar-refractivity contribution in [3.8, 4) is 0 Å². The summed E-state index contributed by atoms with van der Waals surface area (Å²) < 4.78 is 3.22. The average Bonchev–Trinajstić information content (AvgIpc) is 3.05. The summed E-state index contributed by atoms with van der Waals surface area (Å²) in [7, 11) is 1.79. The van der Waals surface area contributed by atoms with Gasteiger partial charge >= 0.3 is 0 Å². The topological polar surface area (TPSA) is 77.1 Å². The summed E-state index contributed by atoms with van der Waals surface area (Å²) in [4.78, 5) is 12.5. The molecule has 0 aliphatic heterocycles. The first-order chi connectivity index (χ1) is 9.97. The van der Waals surface area contributed by atoms with Crippen LogP contribution in [-0.2, 0) is 12.6 Å². The van der Waals surface area contributed by atoms with Crippen LogP contribution in [0.5, 0.6) is 0 Å². The van der Waals surface area contributed by atoms with Gasteiger partial charge in [-0.25, -0.2) is 4.52 Å². The van der Waals surface area contributed by atoms with Crippen LogP contribution in [0.4, 0.5) is 0 Å². The van der Waals surface area contributed by atoms with Gasteiger partial charge < -0.3 is 5.32 Å². The maximum atomic E-state index is 12.5. The summed E-state index contributed by atoms with van der Waals surface area (Å²) >= 11 is 0. The van der Waals surface area contributed by atoms with Gasteiger partial charge in [-0.3, -0.25) is 9.48 Å². The van der Waals surface area contributed by atoms with E-state index < -0.39 is 5.54 Å². The minimum absolute atomic E-state index is 0.208. The Kier molecular flexibility index (Phi) is 2.97. The fraction of sp³-hybridized carbons (Fsp3) is 0.286. The Morgan fingerprint density at radius 1 is 1.29 bits per heavy atom. The van der Waals surface area contributed by atoms with E-state index in [9.17, 15) is 4.79 Å². The van der Waals surface area contributed by atoms with Crippen molar-refractivity contribution < 1.29 is 4.79 Å². The molecule has 3 rings (SSSR count). The number of hydrogen-bond acceptors (Lipinski definition) is 4. The molecule has 0 fully saturated rings. The highest BCUT2D eigenvalue weighted by Crippen LogP contribution is 2.18. The molecule has 0 aliphatic carbocycles. The largest absolute Gasteiger partial charge is 0.340 e. The van der Waals surface area contributed by atoms with Crippen molar-refractivity contribution in [1.82, 2.24) is 29.9 Å². The van der Waals surface area contributed by atoms with Gasteiger partial charge in [0.25, 0.3) is 5.91 Å². The molecule has 3 aromatic rings. The van der Waals surface area contributed by atoms with Gasteiger partial charge in [-0.05, 0) is 32.0 Å². The van der Waals surface area contributed by atoms with E-state index in [2.05, 4.69) is 20.7 Å². The molecule has 0 saturated carbocycles. The van der Waals surface area contributed by atoms with Crippen LogP contribution in [0.25, 0.3) is 5.52 Å². The molecule has 0 aromatic carbocycles. The van der Waals surface area contributed by atoms with Crippen LogP contribution in [-0.4, -0.2) is 30.5 Å². The molecule has 7 nitrogen and oxygen atoms in total. The van der Waals surface area contributed by atoms with Crippen molar-refractivity contribution in [2.75, 3.05) is 0 Å². The molecule has 0 radical (unpaired) electrons. The molecule has 0 saturated heterocycles. The van der Waals surface area contributed by atoms with Crippen molar-refractivity contribution in [2.45, 2.75) is 19.4 Å². The van der Waals surface area contributed by atoms with Gasteiger partial charge in [0.1, 0.15) is 11.4 Å². The van der Waals surface area contributed by atoms with Crippen molar-refractivity contribution >= 4 is 11.4 Å². The van der Waals surface area contributed by atoms with Gasteiger partial charge in [0.2, 0.25) is 0 Å². The molecule has 7 heteroatoms. The van der Waals surface area contributed by atoms with Gasteiger partial charge in [-0.1, -0.05) is 11.3 Å². The standard InChI is InChI=1S/C14H16N6O/c1-14(2,12-9-19(3)18-17-12)16-13(21)11-6-4-5-10-7-8-15-20(10)11/h4-9H,1-3H3,(H,16,21). The lowest BCUT2D eigenvalue weighted by Gasteiger charge is -2.23. The molecule has 3 heterocycles. The van der Waals surface area contributed by atoms with E-state index in [-0.39, 0.29) is 5.91 Å². The SMILES string of the molecule is Cn1cc(C(C)(C)NC(=O)c2cccc3ccnn23)nn1. The second kappa shape index (κ2) is 4.69. The molecule has 0 aliphatic rings. The number of aromatic nitrogens is 5. The van der Waals surface area contributed by atoms with Crippen molar-refractivity contribution in [3.63, 3.8) is 0 Å². The number of pyridine rings is 1. The lowest BCUT2D eigenvalue weighted by Crippen LogP contribution is -2.42. The van der Waals surface area contributed by atoms with Crippen molar-refractivity contribution in [1.29, 1.82) is 0 Å². The molecule has 0 bridgehead atoms. The molecule has 3 aromatic heterocycles. The van der Waals surface area contributed by atoms with Crippen LogP contribution in [0, 0.1) is 0 Å². The maximum Gasteiger partial charge on any atom is 0.270 e. The number of hydrogen-bond donors (Lipinski definition) is 1. The predicted octanol–water partition coefficient (Wildman–Crippen LogP) is 1.13. The third-order valence-corrected chi connectivity index (χ3v) is 3.32. The molecular formula is C14H16N6O. The van der Waals surface area contributed by atoms with Gasteiger partial charge in [0, 0.05) is 7.05 Å². The Morgan fingerprint density at radius 2 is 2.10 bits per heavy atom. The number of rotatable bonds is 3. The van der Waals surface area contributed by atoms with Crippen molar-refractivity contribution in [2.24, 2.45) is 7.05 Å². The number of aryl methyl sites for hydroxylation is 1. The van der Waals surface area contributed by atoms with E-state index in [0.29, 0.717) is 11.4 Å². The minimum atomic E-state index is -0.624. The molecule has 1 N–H and O–H groups in total. The first-order valence-electron chi connectivity index (χ1n) is 6.59. The van der Waals surface area contributed by atoms with Crippen LogP contribution in [0.2, 0.25) is 0 Å². The third kappa shape index (κ3) is 2.37. The number of carbonyl (C=O) groups is 1. The number of amides is 1.